The van der Waals surface area contributed by atoms with Crippen molar-refractivity contribution in [3.8, 4) is 6.07 Å². The van der Waals surface area contributed by atoms with Gasteiger partial charge >= 0.3 is 0 Å². The van der Waals surface area contributed by atoms with E-state index in [1.165, 1.54) is 12.1 Å². The van der Waals surface area contributed by atoms with E-state index in [1.807, 2.05) is 16.9 Å². The van der Waals surface area contributed by atoms with Gasteiger partial charge in [0.15, 0.2) is 0 Å². The number of hydrogen-bond donors (Lipinski definition) is 1. The monoisotopic (exact) mass is 258 g/mol. The number of anilines is 1. The van der Waals surface area contributed by atoms with E-state index in [-0.39, 0.29) is 5.56 Å². The van der Waals surface area contributed by atoms with Crippen LogP contribution in [0.2, 0.25) is 0 Å². The predicted molar refractivity (Wildman–Crippen MR) is 71.0 cm³/mol. The second kappa shape index (κ2) is 6.01. The smallest absolute Gasteiger partial charge is 0.141 e. The molecule has 0 aliphatic carbocycles. The number of benzene rings is 1. The Morgan fingerprint density at radius 1 is 1.47 bits per heavy atom. The second-order valence-corrected chi connectivity index (χ2v) is 4.27. The largest absolute Gasteiger partial charge is 0.381 e. The minimum absolute atomic E-state index is 0.0479. The first-order chi connectivity index (χ1) is 9.22. The molecule has 0 fully saturated rings. The van der Waals surface area contributed by atoms with Crippen molar-refractivity contribution in [3.63, 3.8) is 0 Å². The second-order valence-electron chi connectivity index (χ2n) is 4.27. The summed E-state index contributed by atoms with van der Waals surface area (Å²) in [5.41, 5.74) is 1.82. The van der Waals surface area contributed by atoms with Gasteiger partial charge in [0.1, 0.15) is 11.9 Å². The SMILES string of the molecule is CCCn1cc(CNc2ccc(F)c(C#N)c2)cn1. The number of nitrogens with zero attached hydrogens (tertiary/aromatic N) is 3. The summed E-state index contributed by atoms with van der Waals surface area (Å²) < 4.78 is 15.0. The van der Waals surface area contributed by atoms with Crippen LogP contribution in [0.25, 0.3) is 0 Å². The molecule has 0 spiro atoms. The summed E-state index contributed by atoms with van der Waals surface area (Å²) in [7, 11) is 0. The van der Waals surface area contributed by atoms with Gasteiger partial charge in [0.05, 0.1) is 11.8 Å². The lowest BCUT2D eigenvalue weighted by molar-refractivity contribution is 0.602. The van der Waals surface area contributed by atoms with Crippen LogP contribution < -0.4 is 5.32 Å². The maximum absolute atomic E-state index is 13.2. The number of aromatic nitrogens is 2. The maximum atomic E-state index is 13.2. The molecular weight excluding hydrogens is 243 g/mol. The fourth-order valence-corrected chi connectivity index (χ4v) is 1.77. The van der Waals surface area contributed by atoms with E-state index >= 15 is 0 Å². The van der Waals surface area contributed by atoms with Gasteiger partial charge in [0, 0.05) is 30.5 Å². The Balaban J connectivity index is 2.00. The van der Waals surface area contributed by atoms with Crippen molar-refractivity contribution < 1.29 is 4.39 Å². The standard InChI is InChI=1S/C14H15FN4/c1-2-5-19-10-11(9-18-19)8-17-13-3-4-14(15)12(6-13)7-16/h3-4,6,9-10,17H,2,5,8H2,1H3. The number of nitrogens with one attached hydrogen (secondary N) is 1. The van der Waals surface area contributed by atoms with Crippen LogP contribution in [0.3, 0.4) is 0 Å². The zero-order chi connectivity index (χ0) is 13.7. The minimum Gasteiger partial charge on any atom is -0.381 e. The van der Waals surface area contributed by atoms with E-state index in [0.29, 0.717) is 6.54 Å². The third kappa shape index (κ3) is 3.32. The molecule has 0 aliphatic rings. The Bertz CT molecular complexity index is 598. The Morgan fingerprint density at radius 2 is 2.32 bits per heavy atom. The molecular formula is C14H15FN4. The summed E-state index contributed by atoms with van der Waals surface area (Å²) in [4.78, 5) is 0. The van der Waals surface area contributed by atoms with Gasteiger partial charge in [-0.2, -0.15) is 10.4 Å². The first kappa shape index (κ1) is 13.1. The number of nitriles is 1. The van der Waals surface area contributed by atoms with Gasteiger partial charge in [0.25, 0.3) is 0 Å². The van der Waals surface area contributed by atoms with Crippen LogP contribution in [-0.2, 0) is 13.1 Å². The van der Waals surface area contributed by atoms with Crippen LogP contribution in [0, 0.1) is 17.1 Å². The van der Waals surface area contributed by atoms with E-state index in [4.69, 9.17) is 5.26 Å². The molecule has 98 valence electrons. The molecule has 5 heteroatoms. The molecule has 0 amide bonds. The first-order valence-electron chi connectivity index (χ1n) is 6.17. The Kier molecular flexibility index (Phi) is 4.14. The molecule has 2 rings (SSSR count). The fraction of sp³-hybridized carbons (Fsp3) is 0.286. The molecule has 0 bridgehead atoms. The van der Waals surface area contributed by atoms with E-state index < -0.39 is 5.82 Å². The maximum Gasteiger partial charge on any atom is 0.141 e. The Labute approximate surface area is 111 Å². The van der Waals surface area contributed by atoms with Crippen molar-refractivity contribution in [1.29, 1.82) is 5.26 Å². The zero-order valence-electron chi connectivity index (χ0n) is 10.7. The molecule has 1 aromatic carbocycles. The fourth-order valence-electron chi connectivity index (χ4n) is 1.77. The Morgan fingerprint density at radius 3 is 3.05 bits per heavy atom. The average Bonchev–Trinajstić information content (AvgIpc) is 2.86. The first-order valence-corrected chi connectivity index (χ1v) is 6.17. The molecule has 0 unspecified atom stereocenters. The molecule has 19 heavy (non-hydrogen) atoms. The molecule has 0 saturated carbocycles. The van der Waals surface area contributed by atoms with Crippen molar-refractivity contribution in [2.45, 2.75) is 26.4 Å². The van der Waals surface area contributed by atoms with Crippen molar-refractivity contribution in [2.24, 2.45) is 0 Å². The van der Waals surface area contributed by atoms with Crippen LogP contribution in [-0.4, -0.2) is 9.78 Å². The van der Waals surface area contributed by atoms with Crippen molar-refractivity contribution >= 4 is 5.69 Å². The van der Waals surface area contributed by atoms with Crippen LogP contribution in [0.1, 0.15) is 24.5 Å². The molecule has 1 aromatic heterocycles. The van der Waals surface area contributed by atoms with Gasteiger partial charge < -0.3 is 5.32 Å². The zero-order valence-corrected chi connectivity index (χ0v) is 10.7. The summed E-state index contributed by atoms with van der Waals surface area (Å²) in [6, 6.07) is 6.24. The van der Waals surface area contributed by atoms with Crippen LogP contribution in [0.4, 0.5) is 10.1 Å². The van der Waals surface area contributed by atoms with Crippen molar-refractivity contribution in [2.75, 3.05) is 5.32 Å². The van der Waals surface area contributed by atoms with E-state index in [1.54, 1.807) is 12.3 Å². The van der Waals surface area contributed by atoms with Gasteiger partial charge in [-0.1, -0.05) is 6.92 Å². The topological polar surface area (TPSA) is 53.6 Å². The van der Waals surface area contributed by atoms with E-state index in [2.05, 4.69) is 17.3 Å². The number of hydrogen-bond acceptors (Lipinski definition) is 3. The van der Waals surface area contributed by atoms with Crippen molar-refractivity contribution in [3.05, 3.63) is 47.5 Å². The summed E-state index contributed by atoms with van der Waals surface area (Å²) in [5, 5.41) is 16.1. The van der Waals surface area contributed by atoms with E-state index in [0.717, 1.165) is 24.2 Å². The lowest BCUT2D eigenvalue weighted by atomic mass is 10.2. The van der Waals surface area contributed by atoms with Crippen LogP contribution >= 0.6 is 0 Å². The molecule has 1 heterocycles. The lowest BCUT2D eigenvalue weighted by Crippen LogP contribution is -2.00. The highest BCUT2D eigenvalue weighted by molar-refractivity contribution is 5.50. The van der Waals surface area contributed by atoms with E-state index in [9.17, 15) is 4.39 Å². The van der Waals surface area contributed by atoms with Gasteiger partial charge in [-0.15, -0.1) is 0 Å². The summed E-state index contributed by atoms with van der Waals surface area (Å²) in [6.07, 6.45) is 4.82. The lowest BCUT2D eigenvalue weighted by Gasteiger charge is -2.05. The third-order valence-corrected chi connectivity index (χ3v) is 2.72. The molecule has 0 radical (unpaired) electrons. The highest BCUT2D eigenvalue weighted by Crippen LogP contribution is 2.14. The molecule has 0 atom stereocenters. The molecule has 0 saturated heterocycles. The molecule has 0 aliphatic heterocycles. The number of halogens is 1. The van der Waals surface area contributed by atoms with Gasteiger partial charge in [-0.3, -0.25) is 4.68 Å². The third-order valence-electron chi connectivity index (χ3n) is 2.72. The summed E-state index contributed by atoms with van der Waals surface area (Å²) >= 11 is 0. The summed E-state index contributed by atoms with van der Waals surface area (Å²) in [6.45, 7) is 3.59. The Hall–Kier alpha value is -2.35. The van der Waals surface area contributed by atoms with Gasteiger partial charge in [-0.25, -0.2) is 4.39 Å². The summed E-state index contributed by atoms with van der Waals surface area (Å²) in [5.74, 6) is -0.496. The number of rotatable bonds is 5. The quantitative estimate of drug-likeness (QED) is 0.897. The van der Waals surface area contributed by atoms with Crippen LogP contribution in [0.5, 0.6) is 0 Å². The normalized spacial score (nSPS) is 10.2. The highest BCUT2D eigenvalue weighted by atomic mass is 19.1. The average molecular weight is 258 g/mol. The highest BCUT2D eigenvalue weighted by Gasteiger charge is 2.03. The molecule has 2 aromatic rings. The number of aryl methyl sites for hydroxylation is 1. The minimum atomic E-state index is -0.496. The van der Waals surface area contributed by atoms with Gasteiger partial charge in [0.2, 0.25) is 0 Å². The predicted octanol–water partition coefficient (Wildman–Crippen LogP) is 2.92. The van der Waals surface area contributed by atoms with Crippen molar-refractivity contribution in [1.82, 2.24) is 9.78 Å². The molecule has 1 N–H and O–H groups in total. The van der Waals surface area contributed by atoms with Gasteiger partial charge in [-0.05, 0) is 24.6 Å². The molecule has 4 nitrogen and oxygen atoms in total. The van der Waals surface area contributed by atoms with Crippen LogP contribution in [0.15, 0.2) is 30.6 Å².